The molecule has 0 spiro atoms. The number of aromatic nitrogens is 1. The maximum absolute atomic E-state index is 5.52. The predicted molar refractivity (Wildman–Crippen MR) is 109 cm³/mol. The third-order valence-corrected chi connectivity index (χ3v) is 4.89. The first-order valence-corrected chi connectivity index (χ1v) is 9.58. The van der Waals surface area contributed by atoms with Gasteiger partial charge in [0, 0.05) is 24.5 Å². The number of hydrogen-bond acceptors (Lipinski definition) is 6. The summed E-state index contributed by atoms with van der Waals surface area (Å²) in [5.74, 6) is 2.97. The fourth-order valence-electron chi connectivity index (χ4n) is 2.53. The molecule has 1 aromatic carbocycles. The van der Waals surface area contributed by atoms with Gasteiger partial charge in [-0.2, -0.15) is 0 Å². The van der Waals surface area contributed by atoms with Crippen molar-refractivity contribution < 1.29 is 14.2 Å². The highest BCUT2D eigenvalue weighted by atomic mass is 32.1. The first-order valence-electron chi connectivity index (χ1n) is 8.70. The lowest BCUT2D eigenvalue weighted by Crippen LogP contribution is -2.36. The lowest BCUT2D eigenvalue weighted by Gasteiger charge is -2.17. The molecule has 0 aliphatic heterocycles. The summed E-state index contributed by atoms with van der Waals surface area (Å²) >= 11 is 1.65. The Morgan fingerprint density at radius 2 is 1.78 bits per heavy atom. The van der Waals surface area contributed by atoms with Gasteiger partial charge in [-0.1, -0.05) is 13.8 Å². The quantitative estimate of drug-likeness (QED) is 0.531. The standard InChI is InChI=1S/C19H28N4O3S/c1-12(2)14-11-27-16(23-14)10-22-19(20-3)21-9-13-7-8-15(24-4)18(26-6)17(13)25-5/h7-8,11-12H,9-10H2,1-6H3,(H2,20,21,22). The highest BCUT2D eigenvalue weighted by molar-refractivity contribution is 7.09. The van der Waals surface area contributed by atoms with Crippen LogP contribution in [0.5, 0.6) is 17.2 Å². The summed E-state index contributed by atoms with van der Waals surface area (Å²) in [7, 11) is 6.55. The normalized spacial score (nSPS) is 11.4. The Balaban J connectivity index is 2.01. The summed E-state index contributed by atoms with van der Waals surface area (Å²) in [6, 6.07) is 3.80. The predicted octanol–water partition coefficient (Wildman–Crippen LogP) is 3.16. The Hall–Kier alpha value is -2.48. The Morgan fingerprint density at radius 3 is 2.33 bits per heavy atom. The zero-order valence-electron chi connectivity index (χ0n) is 16.8. The molecule has 0 aliphatic rings. The molecule has 0 fully saturated rings. The van der Waals surface area contributed by atoms with Crippen molar-refractivity contribution in [2.75, 3.05) is 28.4 Å². The molecule has 0 amide bonds. The fourth-order valence-corrected chi connectivity index (χ4v) is 3.43. The molecule has 0 unspecified atom stereocenters. The van der Waals surface area contributed by atoms with Gasteiger partial charge in [-0.05, 0) is 18.1 Å². The van der Waals surface area contributed by atoms with Crippen molar-refractivity contribution in [2.45, 2.75) is 32.9 Å². The fraction of sp³-hybridized carbons (Fsp3) is 0.474. The molecular weight excluding hydrogens is 364 g/mol. The summed E-state index contributed by atoms with van der Waals surface area (Å²) in [6.45, 7) is 5.44. The lowest BCUT2D eigenvalue weighted by molar-refractivity contribution is 0.322. The zero-order valence-corrected chi connectivity index (χ0v) is 17.6. The van der Waals surface area contributed by atoms with Crippen molar-refractivity contribution >= 4 is 17.3 Å². The van der Waals surface area contributed by atoms with Crippen LogP contribution in [0.3, 0.4) is 0 Å². The number of ether oxygens (including phenoxy) is 3. The number of nitrogens with one attached hydrogen (secondary N) is 2. The minimum absolute atomic E-state index is 0.435. The smallest absolute Gasteiger partial charge is 0.203 e. The van der Waals surface area contributed by atoms with Gasteiger partial charge in [0.2, 0.25) is 5.75 Å². The molecule has 0 saturated carbocycles. The van der Waals surface area contributed by atoms with Crippen LogP contribution in [0.1, 0.15) is 36.0 Å². The number of methoxy groups -OCH3 is 3. The highest BCUT2D eigenvalue weighted by Crippen LogP contribution is 2.39. The first kappa shape index (κ1) is 20.8. The summed E-state index contributed by atoms with van der Waals surface area (Å²) in [5.41, 5.74) is 2.06. The van der Waals surface area contributed by atoms with Crippen LogP contribution >= 0.6 is 11.3 Å². The van der Waals surface area contributed by atoms with Crippen molar-refractivity contribution in [3.63, 3.8) is 0 Å². The maximum Gasteiger partial charge on any atom is 0.203 e. The minimum Gasteiger partial charge on any atom is -0.493 e. The molecule has 8 heteroatoms. The van der Waals surface area contributed by atoms with E-state index < -0.39 is 0 Å². The van der Waals surface area contributed by atoms with Crippen molar-refractivity contribution in [3.8, 4) is 17.2 Å². The van der Waals surface area contributed by atoms with Crippen LogP contribution in [0, 0.1) is 0 Å². The number of hydrogen-bond donors (Lipinski definition) is 2. The van der Waals surface area contributed by atoms with E-state index in [1.807, 2.05) is 12.1 Å². The average molecular weight is 393 g/mol. The molecule has 0 atom stereocenters. The zero-order chi connectivity index (χ0) is 19.8. The number of nitrogens with zero attached hydrogens (tertiary/aromatic N) is 2. The van der Waals surface area contributed by atoms with Gasteiger partial charge in [-0.25, -0.2) is 4.98 Å². The van der Waals surface area contributed by atoms with Gasteiger partial charge < -0.3 is 24.8 Å². The van der Waals surface area contributed by atoms with E-state index in [0.29, 0.717) is 42.2 Å². The van der Waals surface area contributed by atoms with Gasteiger partial charge in [0.05, 0.1) is 33.6 Å². The monoisotopic (exact) mass is 392 g/mol. The number of aliphatic imine (C=N–C) groups is 1. The Morgan fingerprint density at radius 1 is 1.07 bits per heavy atom. The molecule has 0 aliphatic carbocycles. The SMILES string of the molecule is CN=C(NCc1nc(C(C)C)cs1)NCc1ccc(OC)c(OC)c1OC. The second kappa shape index (κ2) is 10.0. The van der Waals surface area contributed by atoms with Gasteiger partial charge >= 0.3 is 0 Å². The molecule has 1 heterocycles. The van der Waals surface area contributed by atoms with E-state index in [2.05, 4.69) is 39.8 Å². The second-order valence-corrected chi connectivity index (χ2v) is 7.04. The maximum atomic E-state index is 5.52. The molecule has 0 bridgehead atoms. The van der Waals surface area contributed by atoms with Crippen molar-refractivity contribution in [2.24, 2.45) is 4.99 Å². The van der Waals surface area contributed by atoms with Gasteiger partial charge in [-0.3, -0.25) is 4.99 Å². The Kier molecular flexibility index (Phi) is 7.72. The summed E-state index contributed by atoms with van der Waals surface area (Å²) in [6.07, 6.45) is 0. The van der Waals surface area contributed by atoms with E-state index in [0.717, 1.165) is 16.3 Å². The van der Waals surface area contributed by atoms with E-state index in [9.17, 15) is 0 Å². The van der Waals surface area contributed by atoms with E-state index in [1.54, 1.807) is 39.7 Å². The lowest BCUT2D eigenvalue weighted by atomic mass is 10.1. The molecule has 27 heavy (non-hydrogen) atoms. The second-order valence-electron chi connectivity index (χ2n) is 6.09. The number of benzene rings is 1. The largest absolute Gasteiger partial charge is 0.493 e. The molecule has 2 N–H and O–H groups in total. The van der Waals surface area contributed by atoms with Crippen LogP contribution in [-0.4, -0.2) is 39.3 Å². The highest BCUT2D eigenvalue weighted by Gasteiger charge is 2.16. The summed E-state index contributed by atoms with van der Waals surface area (Å²) < 4.78 is 16.3. The van der Waals surface area contributed by atoms with E-state index >= 15 is 0 Å². The van der Waals surface area contributed by atoms with Gasteiger partial charge in [0.1, 0.15) is 5.01 Å². The van der Waals surface area contributed by atoms with Crippen LogP contribution in [0.15, 0.2) is 22.5 Å². The van der Waals surface area contributed by atoms with Crippen LogP contribution in [0.4, 0.5) is 0 Å². The topological polar surface area (TPSA) is 77.0 Å². The van der Waals surface area contributed by atoms with Gasteiger partial charge in [0.25, 0.3) is 0 Å². The van der Waals surface area contributed by atoms with Crippen LogP contribution in [0.2, 0.25) is 0 Å². The Labute approximate surface area is 164 Å². The van der Waals surface area contributed by atoms with Crippen molar-refractivity contribution in [3.05, 3.63) is 33.8 Å². The van der Waals surface area contributed by atoms with Crippen LogP contribution in [-0.2, 0) is 13.1 Å². The molecule has 1 aromatic heterocycles. The molecule has 2 rings (SSSR count). The third kappa shape index (κ3) is 5.26. The van der Waals surface area contributed by atoms with Crippen LogP contribution in [0.25, 0.3) is 0 Å². The van der Waals surface area contributed by atoms with Crippen molar-refractivity contribution in [1.29, 1.82) is 0 Å². The molecule has 7 nitrogen and oxygen atoms in total. The number of rotatable bonds is 8. The summed E-state index contributed by atoms with van der Waals surface area (Å²) in [4.78, 5) is 8.89. The third-order valence-electron chi connectivity index (χ3n) is 4.02. The van der Waals surface area contributed by atoms with E-state index in [-0.39, 0.29) is 0 Å². The molecule has 2 aromatic rings. The van der Waals surface area contributed by atoms with E-state index in [1.165, 1.54) is 0 Å². The Bertz CT molecular complexity index is 774. The molecular formula is C19H28N4O3S. The average Bonchev–Trinajstić information content (AvgIpc) is 3.16. The number of guanidine groups is 1. The van der Waals surface area contributed by atoms with E-state index in [4.69, 9.17) is 14.2 Å². The molecule has 148 valence electrons. The minimum atomic E-state index is 0.435. The number of thiazole rings is 1. The van der Waals surface area contributed by atoms with Crippen molar-refractivity contribution in [1.82, 2.24) is 15.6 Å². The molecule has 0 saturated heterocycles. The van der Waals surface area contributed by atoms with Crippen LogP contribution < -0.4 is 24.8 Å². The molecule has 0 radical (unpaired) electrons. The van der Waals surface area contributed by atoms with Gasteiger partial charge in [0.15, 0.2) is 17.5 Å². The summed E-state index contributed by atoms with van der Waals surface area (Å²) in [5, 5.41) is 9.71. The first-order chi connectivity index (χ1) is 13.0. The van der Waals surface area contributed by atoms with Gasteiger partial charge in [-0.15, -0.1) is 11.3 Å².